The van der Waals surface area contributed by atoms with E-state index in [2.05, 4.69) is 203 Å². The minimum atomic E-state index is -0.109. The van der Waals surface area contributed by atoms with Crippen LogP contribution < -0.4 is 16.0 Å². The fourth-order valence-corrected chi connectivity index (χ4v) is 9.04. The van der Waals surface area contributed by atoms with Crippen molar-refractivity contribution in [2.45, 2.75) is 18.5 Å². The van der Waals surface area contributed by atoms with Crippen LogP contribution in [0.4, 0.5) is 0 Å². The zero-order valence-electron chi connectivity index (χ0n) is 30.8. The first-order chi connectivity index (χ1) is 28.2. The summed E-state index contributed by atoms with van der Waals surface area (Å²) in [6, 6.07) is 64.3. The molecule has 1 aliphatic heterocycles. The number of fused-ring (bicyclic) bond motifs is 9. The molecule has 0 amide bonds. The molecule has 2 atom stereocenters. The van der Waals surface area contributed by atoms with E-state index in [9.17, 15) is 0 Å². The van der Waals surface area contributed by atoms with Crippen LogP contribution in [0.2, 0.25) is 0 Å². The molecule has 0 radical (unpaired) electrons. The van der Waals surface area contributed by atoms with Crippen LogP contribution >= 0.6 is 0 Å². The summed E-state index contributed by atoms with van der Waals surface area (Å²) in [5, 5.41) is 18.2. The van der Waals surface area contributed by atoms with Gasteiger partial charge in [0.1, 0.15) is 16.7 Å². The lowest BCUT2D eigenvalue weighted by Crippen LogP contribution is -2.54. The molecule has 272 valence electrons. The molecule has 0 spiro atoms. The smallest absolute Gasteiger partial charge is 0.159 e. The highest BCUT2D eigenvalue weighted by molar-refractivity contribution is 6.14. The lowest BCUT2D eigenvalue weighted by atomic mass is 9.99. The largest absolute Gasteiger partial charge is 0.455 e. The van der Waals surface area contributed by atoms with Crippen molar-refractivity contribution in [2.75, 3.05) is 0 Å². The van der Waals surface area contributed by atoms with Gasteiger partial charge in [0, 0.05) is 37.9 Å². The zero-order valence-corrected chi connectivity index (χ0v) is 30.8. The van der Waals surface area contributed by atoms with E-state index in [1.54, 1.807) is 0 Å². The van der Waals surface area contributed by atoms with Gasteiger partial charge in [-0.1, -0.05) is 140 Å². The number of nitrogens with one attached hydrogen (secondary N) is 3. The van der Waals surface area contributed by atoms with E-state index in [1.807, 2.05) is 0 Å². The predicted octanol–water partition coefficient (Wildman–Crippen LogP) is 12.4. The minimum Gasteiger partial charge on any atom is -0.455 e. The molecule has 0 bridgehead atoms. The van der Waals surface area contributed by atoms with Crippen molar-refractivity contribution < 1.29 is 8.83 Å². The molecule has 3 aromatic heterocycles. The van der Waals surface area contributed by atoms with Gasteiger partial charge in [0.15, 0.2) is 5.58 Å². The SMILES string of the molecule is c1ccc(C2NC(c3ccccc3)NC(c3ccc4oc5c(-c6ccc7c(c6)oc6c(-n8c9ccccc9c9ccccc98)cccc67)cccc5c4c3)N2)cc1. The third-order valence-corrected chi connectivity index (χ3v) is 11.7. The topological polar surface area (TPSA) is 67.3 Å². The van der Waals surface area contributed by atoms with Gasteiger partial charge in [-0.3, -0.25) is 16.0 Å². The van der Waals surface area contributed by atoms with E-state index in [1.165, 1.54) is 21.9 Å². The Morgan fingerprint density at radius 2 is 0.930 bits per heavy atom. The second kappa shape index (κ2) is 12.8. The van der Waals surface area contributed by atoms with Crippen LogP contribution in [0.1, 0.15) is 35.2 Å². The fourth-order valence-electron chi connectivity index (χ4n) is 9.04. The molecule has 4 heterocycles. The lowest BCUT2D eigenvalue weighted by molar-refractivity contribution is 0.203. The van der Waals surface area contributed by atoms with E-state index < -0.39 is 0 Å². The second-order valence-corrected chi connectivity index (χ2v) is 15.0. The quantitative estimate of drug-likeness (QED) is 0.164. The van der Waals surface area contributed by atoms with Gasteiger partial charge in [-0.15, -0.1) is 0 Å². The Balaban J connectivity index is 0.946. The first-order valence-corrected chi connectivity index (χ1v) is 19.5. The van der Waals surface area contributed by atoms with Crippen LogP contribution in [0.3, 0.4) is 0 Å². The highest BCUT2D eigenvalue weighted by Gasteiger charge is 2.30. The number of para-hydroxylation sites is 4. The molecule has 2 unspecified atom stereocenters. The Labute approximate surface area is 327 Å². The van der Waals surface area contributed by atoms with Gasteiger partial charge >= 0.3 is 0 Å². The number of furan rings is 2. The van der Waals surface area contributed by atoms with Crippen molar-refractivity contribution in [3.63, 3.8) is 0 Å². The molecule has 57 heavy (non-hydrogen) atoms. The molecule has 6 nitrogen and oxygen atoms in total. The molecule has 0 saturated carbocycles. The van der Waals surface area contributed by atoms with E-state index >= 15 is 0 Å². The molecule has 3 N–H and O–H groups in total. The van der Waals surface area contributed by atoms with E-state index in [4.69, 9.17) is 8.83 Å². The summed E-state index contributed by atoms with van der Waals surface area (Å²) < 4.78 is 15.9. The third-order valence-electron chi connectivity index (χ3n) is 11.7. The number of aromatic nitrogens is 1. The predicted molar refractivity (Wildman–Crippen MR) is 231 cm³/mol. The van der Waals surface area contributed by atoms with Crippen molar-refractivity contribution in [3.8, 4) is 16.8 Å². The number of hydrogen-bond acceptors (Lipinski definition) is 5. The summed E-state index contributed by atoms with van der Waals surface area (Å²) >= 11 is 0. The standard InChI is InChI=1S/C51H36N4O2/c1-3-13-31(14-4-1)49-52-50(32-15-5-2-6-16-32)54-51(53-49)34-26-28-45-41(29-34)40-20-11-19-35(47(40)56-45)33-25-27-38-39-21-12-24-44(48(39)57-46(38)30-33)55-42-22-9-7-17-36(42)37-18-8-10-23-43(37)55/h1-30,49-54H. The third kappa shape index (κ3) is 5.16. The molecule has 12 rings (SSSR count). The molecule has 0 aliphatic carbocycles. The Hall–Kier alpha value is -6.96. The zero-order chi connectivity index (χ0) is 37.5. The maximum atomic E-state index is 6.83. The minimum absolute atomic E-state index is 0.0442. The van der Waals surface area contributed by atoms with Gasteiger partial charge in [-0.05, 0) is 64.7 Å². The summed E-state index contributed by atoms with van der Waals surface area (Å²) in [5.74, 6) is 0. The Bertz CT molecular complexity index is 3210. The average molecular weight is 737 g/mol. The fraction of sp³-hybridized carbons (Fsp3) is 0.0588. The van der Waals surface area contributed by atoms with Gasteiger partial charge in [-0.25, -0.2) is 0 Å². The van der Waals surface area contributed by atoms with Crippen molar-refractivity contribution in [1.29, 1.82) is 0 Å². The van der Waals surface area contributed by atoms with Crippen LogP contribution in [0.15, 0.2) is 191 Å². The van der Waals surface area contributed by atoms with Gasteiger partial charge in [0.2, 0.25) is 0 Å². The molecule has 1 saturated heterocycles. The monoisotopic (exact) mass is 736 g/mol. The highest BCUT2D eigenvalue weighted by Crippen LogP contribution is 2.42. The van der Waals surface area contributed by atoms with Crippen molar-refractivity contribution >= 4 is 65.7 Å². The van der Waals surface area contributed by atoms with E-state index in [-0.39, 0.29) is 18.5 Å². The lowest BCUT2D eigenvalue weighted by Gasteiger charge is -2.39. The average Bonchev–Trinajstić information content (AvgIpc) is 3.96. The summed E-state index contributed by atoms with van der Waals surface area (Å²) in [5.41, 5.74) is 12.4. The molecule has 8 aromatic carbocycles. The summed E-state index contributed by atoms with van der Waals surface area (Å²) in [7, 11) is 0. The number of benzene rings is 8. The van der Waals surface area contributed by atoms with Crippen molar-refractivity contribution in [3.05, 3.63) is 199 Å². The Kier molecular flexibility index (Phi) is 7.25. The molecule has 1 aliphatic rings. The molecule has 11 aromatic rings. The van der Waals surface area contributed by atoms with Crippen LogP contribution in [-0.4, -0.2) is 4.57 Å². The molecule has 6 heteroatoms. The number of hydrogen-bond donors (Lipinski definition) is 3. The number of rotatable bonds is 5. The van der Waals surface area contributed by atoms with Crippen LogP contribution in [-0.2, 0) is 0 Å². The van der Waals surface area contributed by atoms with Gasteiger partial charge in [0.25, 0.3) is 0 Å². The van der Waals surface area contributed by atoms with Crippen molar-refractivity contribution in [2.24, 2.45) is 0 Å². The Morgan fingerprint density at radius 3 is 1.61 bits per heavy atom. The van der Waals surface area contributed by atoms with E-state index in [0.717, 1.165) is 77.3 Å². The van der Waals surface area contributed by atoms with Gasteiger partial charge in [0.05, 0.1) is 35.2 Å². The summed E-state index contributed by atoms with van der Waals surface area (Å²) in [6.45, 7) is 0. The Morgan fingerprint density at radius 1 is 0.368 bits per heavy atom. The van der Waals surface area contributed by atoms with E-state index in [0.29, 0.717) is 0 Å². The normalized spacial score (nSPS) is 17.4. The molecular weight excluding hydrogens is 701 g/mol. The second-order valence-electron chi connectivity index (χ2n) is 15.0. The molecular formula is C51H36N4O2. The summed E-state index contributed by atoms with van der Waals surface area (Å²) in [6.07, 6.45) is -0.198. The van der Waals surface area contributed by atoms with Gasteiger partial charge < -0.3 is 13.4 Å². The van der Waals surface area contributed by atoms with Crippen LogP contribution in [0.25, 0.3) is 82.5 Å². The maximum Gasteiger partial charge on any atom is 0.159 e. The highest BCUT2D eigenvalue weighted by atomic mass is 16.3. The maximum absolute atomic E-state index is 6.83. The first-order valence-electron chi connectivity index (χ1n) is 19.5. The summed E-state index contributed by atoms with van der Waals surface area (Å²) in [4.78, 5) is 0. The first kappa shape index (κ1) is 32.3. The molecule has 1 fully saturated rings. The van der Waals surface area contributed by atoms with Crippen molar-refractivity contribution in [1.82, 2.24) is 20.5 Å². The van der Waals surface area contributed by atoms with Crippen LogP contribution in [0, 0.1) is 0 Å². The van der Waals surface area contributed by atoms with Crippen LogP contribution in [0.5, 0.6) is 0 Å². The number of nitrogens with zero attached hydrogens (tertiary/aromatic N) is 1. The van der Waals surface area contributed by atoms with Gasteiger partial charge in [-0.2, -0.15) is 0 Å².